The van der Waals surface area contributed by atoms with E-state index >= 15 is 4.39 Å². The lowest BCUT2D eigenvalue weighted by Crippen LogP contribution is -2.56. The molecule has 7 rings (SSSR count). The fourth-order valence-corrected chi connectivity index (χ4v) is 12.0. The molecule has 0 saturated carbocycles. The summed E-state index contributed by atoms with van der Waals surface area (Å²) in [5.74, 6) is -1.91. The van der Waals surface area contributed by atoms with Crippen molar-refractivity contribution in [3.8, 4) is 0 Å². The number of carbonyl (C=O) groups is 6. The molecule has 4 aliphatic rings. The van der Waals surface area contributed by atoms with E-state index in [1.807, 2.05) is 48.5 Å². The van der Waals surface area contributed by atoms with Gasteiger partial charge in [0, 0.05) is 63.2 Å². The number of rotatable bonds is 16. The van der Waals surface area contributed by atoms with Crippen molar-refractivity contribution in [3.63, 3.8) is 0 Å². The summed E-state index contributed by atoms with van der Waals surface area (Å²) in [6.07, 6.45) is 1.86. The van der Waals surface area contributed by atoms with Crippen LogP contribution < -0.4 is 31.1 Å². The summed E-state index contributed by atoms with van der Waals surface area (Å²) < 4.78 is 36.6. The van der Waals surface area contributed by atoms with Crippen molar-refractivity contribution in [3.05, 3.63) is 89.8 Å². The van der Waals surface area contributed by atoms with E-state index in [0.29, 0.717) is 67.9 Å². The fraction of sp³-hybridized carbons (Fsp3) is 0.500. The molecule has 4 aliphatic heterocycles. The standard InChI is InChI=1S/C52H69FN8O10Si/c1-32(68-3)45(56-51(66)70-5)49(64)59-25-9-11-43(59)47(62)54-36-17-13-34(14-18-36)40-23-24-41(61(40)38-21-22-42(39(53)31-38)58-27-29-72(7,8)30-28-58)35-15-19-37(20-16-35)55-48(63)44-12-10-26-60(44)50(65)46(33(2)69-4)57-52(67)71-6/h13-23,31-33,41,43-46H,9-12,24-30H2,1-8H3,(H,54,62)(H,55,63)(H,56,66)(H,57,67)/t32-,33-,41-,43+,44+,45+,46+/m1/s1. The Labute approximate surface area is 421 Å². The Morgan fingerprint density at radius 3 is 1.61 bits per heavy atom. The van der Waals surface area contributed by atoms with Gasteiger partial charge in [-0.05, 0) is 112 Å². The van der Waals surface area contributed by atoms with E-state index < -0.39 is 68.5 Å². The third-order valence-corrected chi connectivity index (χ3v) is 17.7. The van der Waals surface area contributed by atoms with Crippen molar-refractivity contribution in [2.75, 3.05) is 75.1 Å². The second-order valence-electron chi connectivity index (χ2n) is 19.7. The van der Waals surface area contributed by atoms with Gasteiger partial charge in [-0.25, -0.2) is 14.0 Å². The topological polar surface area (TPSA) is 200 Å². The first-order valence-electron chi connectivity index (χ1n) is 24.7. The highest BCUT2D eigenvalue weighted by atomic mass is 28.3. The minimum Gasteiger partial charge on any atom is -0.453 e. The number of alkyl carbamates (subject to hydrolysis) is 2. The maximum Gasteiger partial charge on any atom is 0.407 e. The molecule has 0 spiro atoms. The molecule has 0 radical (unpaired) electrons. The van der Waals surface area contributed by atoms with Crippen LogP contribution in [-0.2, 0) is 38.1 Å². The number of methoxy groups -OCH3 is 4. The van der Waals surface area contributed by atoms with Crippen molar-refractivity contribution in [1.82, 2.24) is 20.4 Å². The zero-order chi connectivity index (χ0) is 51.9. The predicted molar refractivity (Wildman–Crippen MR) is 275 cm³/mol. The van der Waals surface area contributed by atoms with Gasteiger partial charge in [0.25, 0.3) is 0 Å². The Bertz CT molecular complexity index is 2490. The Kier molecular flexibility index (Phi) is 17.3. The zero-order valence-electron chi connectivity index (χ0n) is 42.5. The van der Waals surface area contributed by atoms with Gasteiger partial charge in [-0.2, -0.15) is 0 Å². The SMILES string of the molecule is COC(=O)N[C@H](C(=O)N1CCC[C@H]1C(=O)Nc1ccc(C2=CC[C@H](c3ccc(NC(=O)[C@@H]4CCCN4C(=O)[C@@H](NC(=O)OC)[C@@H](C)OC)cc3)N2c2ccc(N3CC[Si](C)(C)CC3)c(F)c2)cc1)[C@@H](C)OC. The van der Waals surface area contributed by atoms with Gasteiger partial charge < -0.3 is 59.8 Å². The second kappa shape index (κ2) is 23.4. The molecular formula is C52H69FN8O10Si. The summed E-state index contributed by atoms with van der Waals surface area (Å²) in [6, 6.07) is 18.6. The third-order valence-electron chi connectivity index (χ3n) is 14.6. The molecule has 6 amide bonds. The third kappa shape index (κ3) is 12.0. The van der Waals surface area contributed by atoms with Gasteiger partial charge in [0.15, 0.2) is 0 Å². The summed E-state index contributed by atoms with van der Waals surface area (Å²) in [6.45, 7) is 10.4. The van der Waals surface area contributed by atoms with Crippen LogP contribution in [0, 0.1) is 5.82 Å². The number of halogens is 1. The Balaban J connectivity index is 1.09. The van der Waals surface area contributed by atoms with Crippen molar-refractivity contribution in [2.24, 2.45) is 0 Å². The normalized spacial score (nSPS) is 21.2. The van der Waals surface area contributed by atoms with Crippen LogP contribution in [0.3, 0.4) is 0 Å². The molecule has 72 heavy (non-hydrogen) atoms. The number of hydrogen-bond donors (Lipinski definition) is 4. The number of nitrogens with zero attached hydrogens (tertiary/aromatic N) is 4. The lowest BCUT2D eigenvalue weighted by molar-refractivity contribution is -0.141. The Morgan fingerprint density at radius 1 is 0.667 bits per heavy atom. The minimum atomic E-state index is -1.29. The van der Waals surface area contributed by atoms with E-state index in [9.17, 15) is 28.8 Å². The highest BCUT2D eigenvalue weighted by Gasteiger charge is 2.42. The minimum absolute atomic E-state index is 0.259. The number of nitrogens with one attached hydrogen (secondary N) is 4. The number of likely N-dealkylation sites (tertiary alicyclic amines) is 2. The van der Waals surface area contributed by atoms with Crippen molar-refractivity contribution in [1.29, 1.82) is 0 Å². The molecule has 3 aromatic rings. The molecule has 0 bridgehead atoms. The van der Waals surface area contributed by atoms with Crippen LogP contribution in [0.4, 0.5) is 36.7 Å². The number of carbonyl (C=O) groups excluding carboxylic acids is 6. The Hall–Kier alpha value is -6.51. The van der Waals surface area contributed by atoms with Gasteiger partial charge in [-0.3, -0.25) is 19.2 Å². The molecule has 388 valence electrons. The van der Waals surface area contributed by atoms with E-state index in [1.54, 1.807) is 32.0 Å². The summed E-state index contributed by atoms with van der Waals surface area (Å²) in [4.78, 5) is 86.4. The molecule has 3 saturated heterocycles. The number of ether oxygens (including phenoxy) is 4. The van der Waals surface area contributed by atoms with Crippen LogP contribution in [0.15, 0.2) is 72.8 Å². The summed E-state index contributed by atoms with van der Waals surface area (Å²) in [7, 11) is 3.99. The molecule has 3 fully saturated rings. The summed E-state index contributed by atoms with van der Waals surface area (Å²) in [5.41, 5.74) is 4.88. The average Bonchev–Trinajstić information content (AvgIpc) is 4.18. The lowest BCUT2D eigenvalue weighted by Gasteiger charge is -2.37. The lowest BCUT2D eigenvalue weighted by atomic mass is 10.0. The van der Waals surface area contributed by atoms with Crippen LogP contribution in [0.5, 0.6) is 0 Å². The van der Waals surface area contributed by atoms with Gasteiger partial charge in [-0.1, -0.05) is 43.4 Å². The predicted octanol–water partition coefficient (Wildman–Crippen LogP) is 6.72. The van der Waals surface area contributed by atoms with Gasteiger partial charge in [0.2, 0.25) is 23.6 Å². The van der Waals surface area contributed by atoms with E-state index in [4.69, 9.17) is 18.9 Å². The monoisotopic (exact) mass is 1010 g/mol. The molecule has 18 nitrogen and oxygen atoms in total. The molecule has 20 heteroatoms. The number of amides is 6. The van der Waals surface area contributed by atoms with E-state index in [-0.39, 0.29) is 23.7 Å². The molecule has 0 aliphatic carbocycles. The first kappa shape index (κ1) is 53.3. The molecule has 4 N–H and O–H groups in total. The molecular weight excluding hydrogens is 944 g/mol. The highest BCUT2D eigenvalue weighted by molar-refractivity contribution is 6.77. The smallest absolute Gasteiger partial charge is 0.407 e. The maximum atomic E-state index is 16.4. The zero-order valence-corrected chi connectivity index (χ0v) is 43.5. The van der Waals surface area contributed by atoms with Crippen molar-refractivity contribution >= 4 is 72.3 Å². The number of hydrogen-bond acceptors (Lipinski definition) is 12. The van der Waals surface area contributed by atoms with Gasteiger partial charge in [0.05, 0.1) is 46.2 Å². The molecule has 4 heterocycles. The van der Waals surface area contributed by atoms with Gasteiger partial charge >= 0.3 is 12.2 Å². The first-order chi connectivity index (χ1) is 34.5. The fourth-order valence-electron chi connectivity index (χ4n) is 10.0. The number of benzene rings is 3. The molecule has 0 aromatic heterocycles. The van der Waals surface area contributed by atoms with Crippen molar-refractivity contribution < 1.29 is 52.1 Å². The van der Waals surface area contributed by atoms with Gasteiger partial charge in [-0.15, -0.1) is 0 Å². The van der Waals surface area contributed by atoms with E-state index in [0.717, 1.165) is 42.0 Å². The second-order valence-corrected chi connectivity index (χ2v) is 25.0. The van der Waals surface area contributed by atoms with Crippen LogP contribution in [-0.4, -0.2) is 145 Å². The quantitative estimate of drug-likeness (QED) is 0.111. The molecule has 0 unspecified atom stereocenters. The summed E-state index contributed by atoms with van der Waals surface area (Å²) >= 11 is 0. The van der Waals surface area contributed by atoms with Gasteiger partial charge in [0.1, 0.15) is 30.0 Å². The highest BCUT2D eigenvalue weighted by Crippen LogP contribution is 2.44. The average molecular weight is 1010 g/mol. The first-order valence-corrected chi connectivity index (χ1v) is 28.1. The number of anilines is 4. The van der Waals surface area contributed by atoms with E-state index in [2.05, 4.69) is 50.2 Å². The molecule has 7 atom stereocenters. The van der Waals surface area contributed by atoms with Crippen LogP contribution in [0.2, 0.25) is 25.2 Å². The van der Waals surface area contributed by atoms with E-state index in [1.165, 1.54) is 38.2 Å². The molecule has 3 aromatic carbocycles. The van der Waals surface area contributed by atoms with Crippen LogP contribution in [0.1, 0.15) is 63.1 Å². The maximum absolute atomic E-state index is 16.4. The van der Waals surface area contributed by atoms with Crippen LogP contribution in [0.25, 0.3) is 5.70 Å². The Morgan fingerprint density at radius 2 is 1.15 bits per heavy atom. The van der Waals surface area contributed by atoms with Crippen molar-refractivity contribution in [2.45, 2.75) is 114 Å². The van der Waals surface area contributed by atoms with Crippen LogP contribution >= 0.6 is 0 Å². The summed E-state index contributed by atoms with van der Waals surface area (Å²) in [5, 5.41) is 11.0. The largest absolute Gasteiger partial charge is 0.453 e.